The van der Waals surface area contributed by atoms with Crippen molar-refractivity contribution in [3.05, 3.63) is 94.0 Å². The highest BCUT2D eigenvalue weighted by Crippen LogP contribution is 2.54. The number of para-hydroxylation sites is 1. The van der Waals surface area contributed by atoms with Crippen LogP contribution in [0.4, 0.5) is 0 Å². The molecule has 0 spiro atoms. The first-order valence-corrected chi connectivity index (χ1v) is 15.0. The van der Waals surface area contributed by atoms with Crippen molar-refractivity contribution in [2.24, 2.45) is 5.41 Å². The lowest BCUT2D eigenvalue weighted by molar-refractivity contribution is -0.163. The highest BCUT2D eigenvalue weighted by molar-refractivity contribution is 9.10. The Morgan fingerprint density at radius 3 is 2.44 bits per heavy atom. The largest absolute Gasteiger partial charge is 0.488 e. The van der Waals surface area contributed by atoms with Crippen molar-refractivity contribution in [2.75, 3.05) is 0 Å². The van der Waals surface area contributed by atoms with E-state index in [-0.39, 0.29) is 5.91 Å². The minimum Gasteiger partial charge on any atom is -0.488 e. The molecule has 1 atom stereocenters. The van der Waals surface area contributed by atoms with Crippen molar-refractivity contribution in [1.29, 1.82) is 0 Å². The molecule has 3 aliphatic carbocycles. The van der Waals surface area contributed by atoms with Crippen molar-refractivity contribution < 1.29 is 19.4 Å². The normalized spacial score (nSPS) is 23.3. The van der Waals surface area contributed by atoms with E-state index in [0.29, 0.717) is 37.7 Å². The predicted octanol–water partition coefficient (Wildman–Crippen LogP) is 7.50. The van der Waals surface area contributed by atoms with Gasteiger partial charge in [0.1, 0.15) is 11.9 Å². The van der Waals surface area contributed by atoms with Crippen LogP contribution >= 0.6 is 15.9 Å². The third-order valence-corrected chi connectivity index (χ3v) is 9.69. The van der Waals surface area contributed by atoms with Gasteiger partial charge in [0.15, 0.2) is 0 Å². The number of ether oxygens (including phenoxy) is 1. The Balaban J connectivity index is 1.43. The molecule has 0 saturated heterocycles. The van der Waals surface area contributed by atoms with Gasteiger partial charge in [0.25, 0.3) is 5.91 Å². The van der Waals surface area contributed by atoms with Gasteiger partial charge in [-0.15, -0.1) is 0 Å². The maximum absolute atomic E-state index is 14.4. The maximum atomic E-state index is 14.4. The molecule has 41 heavy (non-hydrogen) atoms. The summed E-state index contributed by atoms with van der Waals surface area (Å²) in [6, 6.07) is 23.6. The Morgan fingerprint density at radius 1 is 1.02 bits per heavy atom. The van der Waals surface area contributed by atoms with Gasteiger partial charge in [-0.2, -0.15) is 0 Å². The molecule has 1 aromatic heterocycles. The van der Waals surface area contributed by atoms with Crippen LogP contribution in [0.3, 0.4) is 0 Å². The molecular formula is C34H33BrN2O4. The number of rotatable bonds is 7. The molecule has 210 valence electrons. The van der Waals surface area contributed by atoms with Crippen LogP contribution < -0.4 is 10.1 Å². The molecule has 3 saturated carbocycles. The zero-order valence-electron chi connectivity index (χ0n) is 23.2. The van der Waals surface area contributed by atoms with E-state index in [9.17, 15) is 14.7 Å². The number of aryl methyl sites for hydroxylation is 1. The Hall–Kier alpha value is -3.71. The number of nitrogens with zero attached hydrogens (tertiary/aromatic N) is 1. The number of pyridine rings is 1. The highest BCUT2D eigenvalue weighted by atomic mass is 79.9. The van der Waals surface area contributed by atoms with Gasteiger partial charge in [0.2, 0.25) is 0 Å². The van der Waals surface area contributed by atoms with E-state index in [0.717, 1.165) is 49.9 Å². The smallest absolute Gasteiger partial charge is 0.309 e. The van der Waals surface area contributed by atoms with Crippen LogP contribution in [0, 0.1) is 12.3 Å². The summed E-state index contributed by atoms with van der Waals surface area (Å²) in [5, 5.41) is 14.4. The van der Waals surface area contributed by atoms with Gasteiger partial charge in [0.05, 0.1) is 27.7 Å². The molecule has 1 unspecified atom stereocenters. The number of carboxylic acid groups (broad SMARTS) is 1. The number of benzene rings is 3. The van der Waals surface area contributed by atoms with Gasteiger partial charge in [-0.25, -0.2) is 4.98 Å². The summed E-state index contributed by atoms with van der Waals surface area (Å²) in [7, 11) is 0. The van der Waals surface area contributed by atoms with Crippen LogP contribution in [0.15, 0.2) is 77.3 Å². The molecule has 6 nitrogen and oxygen atoms in total. The maximum Gasteiger partial charge on any atom is 0.309 e. The number of carbonyl (C=O) groups excluding carboxylic acids is 1. The fourth-order valence-electron chi connectivity index (χ4n) is 6.77. The number of carbonyl (C=O) groups is 2. The lowest BCUT2D eigenvalue weighted by Crippen LogP contribution is -2.67. The zero-order valence-corrected chi connectivity index (χ0v) is 24.8. The van der Waals surface area contributed by atoms with E-state index in [4.69, 9.17) is 9.72 Å². The lowest BCUT2D eigenvalue weighted by atomic mass is 9.55. The molecule has 0 radical (unpaired) electrons. The molecule has 1 heterocycles. The summed E-state index contributed by atoms with van der Waals surface area (Å²) in [6.45, 7) is 4.02. The average Bonchev–Trinajstić information content (AvgIpc) is 2.98. The quantitative estimate of drug-likeness (QED) is 0.225. The van der Waals surface area contributed by atoms with E-state index < -0.39 is 23.0 Å². The number of nitrogens with one attached hydrogen (secondary N) is 1. The summed E-state index contributed by atoms with van der Waals surface area (Å²) in [5.74, 6) is -0.211. The van der Waals surface area contributed by atoms with Crippen molar-refractivity contribution in [2.45, 2.75) is 64.0 Å². The first kappa shape index (κ1) is 27.5. The molecule has 3 aliphatic rings. The Bertz CT molecular complexity index is 1640. The van der Waals surface area contributed by atoms with Gasteiger partial charge in [-0.3, -0.25) is 9.59 Å². The Morgan fingerprint density at radius 2 is 1.73 bits per heavy atom. The summed E-state index contributed by atoms with van der Waals surface area (Å²) in [5.41, 5.74) is 3.38. The standard InChI is InChI=1S/C34H33BrN2O4/c1-3-22-9-7-8-12-27(22)41-28-20-33(32(39)40)15-17-34(28,18-16-33)37-31(38)29-21(2)30(23-10-5-4-6-11-23)36-26-14-13-24(35)19-25(26)29/h4-14,19,28H,3,15-18,20H2,1-2H3,(H,37,38)(H,39,40). The van der Waals surface area contributed by atoms with E-state index in [2.05, 4.69) is 28.2 Å². The third-order valence-electron chi connectivity index (χ3n) is 9.20. The monoisotopic (exact) mass is 612 g/mol. The van der Waals surface area contributed by atoms with Gasteiger partial charge in [-0.1, -0.05) is 71.4 Å². The molecule has 7 heteroatoms. The number of hydrogen-bond donors (Lipinski definition) is 2. The Labute approximate surface area is 248 Å². The van der Waals surface area contributed by atoms with Crippen molar-refractivity contribution in [1.82, 2.24) is 10.3 Å². The number of aliphatic carboxylic acids is 1. The molecular weight excluding hydrogens is 580 g/mol. The van der Waals surface area contributed by atoms with E-state index >= 15 is 0 Å². The first-order valence-electron chi connectivity index (χ1n) is 14.2. The fourth-order valence-corrected chi connectivity index (χ4v) is 7.13. The summed E-state index contributed by atoms with van der Waals surface area (Å²) < 4.78 is 7.52. The van der Waals surface area contributed by atoms with E-state index in [1.165, 1.54) is 0 Å². The van der Waals surface area contributed by atoms with Gasteiger partial charge >= 0.3 is 5.97 Å². The molecule has 4 aromatic rings. The number of aromatic nitrogens is 1. The number of hydrogen-bond acceptors (Lipinski definition) is 4. The van der Waals surface area contributed by atoms with Crippen LogP contribution in [-0.4, -0.2) is 33.6 Å². The zero-order chi connectivity index (χ0) is 28.8. The average molecular weight is 614 g/mol. The van der Waals surface area contributed by atoms with Crippen LogP contribution in [0.25, 0.3) is 22.2 Å². The minimum absolute atomic E-state index is 0.188. The summed E-state index contributed by atoms with van der Waals surface area (Å²) in [4.78, 5) is 31.8. The summed E-state index contributed by atoms with van der Waals surface area (Å²) in [6.07, 6.45) is 2.79. The van der Waals surface area contributed by atoms with Crippen molar-refractivity contribution in [3.63, 3.8) is 0 Å². The molecule has 3 aromatic carbocycles. The number of carboxylic acids is 1. The Kier molecular flexibility index (Phi) is 7.10. The second-order valence-corrected chi connectivity index (χ2v) is 12.4. The summed E-state index contributed by atoms with van der Waals surface area (Å²) >= 11 is 3.58. The SMILES string of the molecule is CCc1ccccc1OC1CC2(C(=O)O)CCC1(NC(=O)c1c(C)c(-c3ccccc3)nc3ccc(Br)cc13)CC2. The number of fused-ring (bicyclic) bond motifs is 4. The van der Waals surface area contributed by atoms with Gasteiger partial charge in [0, 0.05) is 21.8 Å². The second-order valence-electron chi connectivity index (χ2n) is 11.5. The van der Waals surface area contributed by atoms with Crippen LogP contribution in [-0.2, 0) is 11.2 Å². The topological polar surface area (TPSA) is 88.5 Å². The van der Waals surface area contributed by atoms with Crippen LogP contribution in [0.5, 0.6) is 5.75 Å². The molecule has 2 bridgehead atoms. The molecule has 7 rings (SSSR count). The van der Waals surface area contributed by atoms with Gasteiger partial charge < -0.3 is 15.2 Å². The molecule has 3 fully saturated rings. The minimum atomic E-state index is -0.830. The molecule has 1 amide bonds. The van der Waals surface area contributed by atoms with E-state index in [1.807, 2.05) is 79.7 Å². The lowest BCUT2D eigenvalue weighted by Gasteiger charge is -2.55. The van der Waals surface area contributed by atoms with Crippen LogP contribution in [0.2, 0.25) is 0 Å². The van der Waals surface area contributed by atoms with Crippen LogP contribution in [0.1, 0.15) is 60.5 Å². The third kappa shape index (κ3) is 4.80. The highest BCUT2D eigenvalue weighted by Gasteiger charge is 2.59. The van der Waals surface area contributed by atoms with Gasteiger partial charge in [-0.05, 0) is 74.4 Å². The second kappa shape index (κ2) is 10.6. The molecule has 0 aliphatic heterocycles. The number of halogens is 1. The molecule has 2 N–H and O–H groups in total. The van der Waals surface area contributed by atoms with Crippen molar-refractivity contribution in [3.8, 4) is 17.0 Å². The van der Waals surface area contributed by atoms with Crippen molar-refractivity contribution >= 4 is 38.7 Å². The number of amides is 1. The first-order chi connectivity index (χ1) is 19.7. The van der Waals surface area contributed by atoms with E-state index in [1.54, 1.807) is 0 Å². The fraction of sp³-hybridized carbons (Fsp3) is 0.324. The predicted molar refractivity (Wildman–Crippen MR) is 163 cm³/mol.